The maximum atomic E-state index is 14.0. The normalized spacial score (nSPS) is 23.0. The number of hydrogen-bond acceptors (Lipinski definition) is 18. The molecule has 4 aromatic rings. The third-order valence-electron chi connectivity index (χ3n) is 12.9. The molecule has 9 rings (SSSR count). The monoisotopic (exact) mass is 968 g/mol. The topological polar surface area (TPSA) is 324 Å². The van der Waals surface area contributed by atoms with Gasteiger partial charge in [0.2, 0.25) is 18.1 Å². The number of rotatable bonds is 15. The van der Waals surface area contributed by atoms with Gasteiger partial charge in [-0.2, -0.15) is 0 Å². The lowest BCUT2D eigenvalue weighted by atomic mass is 9.86. The Morgan fingerprint density at radius 3 is 2.47 bits per heavy atom. The van der Waals surface area contributed by atoms with Crippen LogP contribution < -0.4 is 31.0 Å². The van der Waals surface area contributed by atoms with Crippen molar-refractivity contribution in [3.8, 4) is 22.9 Å². The molecule has 0 bridgehead atoms. The van der Waals surface area contributed by atoms with Gasteiger partial charge in [-0.25, -0.2) is 14.6 Å². The summed E-state index contributed by atoms with van der Waals surface area (Å²) in [6.45, 7) is 0.384. The Labute approximate surface area is 396 Å². The first kappa shape index (κ1) is 47.8. The van der Waals surface area contributed by atoms with Gasteiger partial charge in [0.05, 0.1) is 47.9 Å². The molecule has 23 nitrogen and oxygen atoms in total. The number of alkyl carbamates (subject to hydrolysis) is 1. The van der Waals surface area contributed by atoms with E-state index >= 15 is 0 Å². The van der Waals surface area contributed by atoms with Crippen molar-refractivity contribution in [2.45, 2.75) is 95.2 Å². The van der Waals surface area contributed by atoms with Crippen LogP contribution in [-0.4, -0.2) is 133 Å². The molecular weight excluding hydrogens is 921 g/mol. The fourth-order valence-electron chi connectivity index (χ4n) is 9.04. The van der Waals surface area contributed by atoms with Crippen molar-refractivity contribution in [3.63, 3.8) is 0 Å². The summed E-state index contributed by atoms with van der Waals surface area (Å²) in [4.78, 5) is 95.3. The average Bonchev–Trinajstić information content (AvgIpc) is 4.06. The maximum absolute atomic E-state index is 14.0. The maximum Gasteiger partial charge on any atom is 0.407 e. The molecule has 2 aromatic carbocycles. The molecule has 1 saturated heterocycles. The van der Waals surface area contributed by atoms with Crippen molar-refractivity contribution in [1.29, 1.82) is 0 Å². The van der Waals surface area contributed by atoms with E-state index in [0.717, 1.165) is 22.6 Å². The van der Waals surface area contributed by atoms with Gasteiger partial charge < -0.3 is 69.7 Å². The lowest BCUT2D eigenvalue weighted by Gasteiger charge is -2.39. The van der Waals surface area contributed by atoms with Crippen LogP contribution in [0.3, 0.4) is 0 Å². The molecule has 5 aliphatic heterocycles. The van der Waals surface area contributed by atoms with Crippen LogP contribution in [0.15, 0.2) is 53.3 Å². The zero-order valence-electron chi connectivity index (χ0n) is 37.5. The summed E-state index contributed by atoms with van der Waals surface area (Å²) in [5, 5.41) is 61.0. The minimum absolute atomic E-state index is 0.0199. The first-order valence-corrected chi connectivity index (χ1v) is 22.5. The van der Waals surface area contributed by atoms with Gasteiger partial charge in [-0.05, 0) is 47.4 Å². The van der Waals surface area contributed by atoms with E-state index in [0.29, 0.717) is 57.8 Å². The number of cyclic esters (lactones) is 1. The Balaban J connectivity index is 0.914. The Morgan fingerprint density at radius 1 is 0.929 bits per heavy atom. The number of esters is 1. The van der Waals surface area contributed by atoms with Crippen LogP contribution in [0.1, 0.15) is 59.6 Å². The van der Waals surface area contributed by atoms with Crippen LogP contribution in [0.25, 0.3) is 22.3 Å². The molecule has 2 aromatic heterocycles. The third kappa shape index (κ3) is 8.93. The highest BCUT2D eigenvalue weighted by atomic mass is 16.7. The number of amides is 5. The van der Waals surface area contributed by atoms with Crippen molar-refractivity contribution < 1.29 is 78.0 Å². The molecule has 70 heavy (non-hydrogen) atoms. The lowest BCUT2D eigenvalue weighted by Crippen LogP contribution is -2.60. The highest BCUT2D eigenvalue weighted by molar-refractivity contribution is 6.13. The van der Waals surface area contributed by atoms with Crippen LogP contribution in [0.5, 0.6) is 11.5 Å². The first-order chi connectivity index (χ1) is 33.6. The van der Waals surface area contributed by atoms with Gasteiger partial charge in [0.1, 0.15) is 49.1 Å². The van der Waals surface area contributed by atoms with Crippen molar-refractivity contribution in [2.24, 2.45) is 0 Å². The van der Waals surface area contributed by atoms with E-state index < -0.39 is 84.2 Å². The summed E-state index contributed by atoms with van der Waals surface area (Å²) >= 11 is 0. The molecule has 1 fully saturated rings. The Bertz CT molecular complexity index is 2920. The van der Waals surface area contributed by atoms with E-state index in [4.69, 9.17) is 28.7 Å². The number of aliphatic hydroxyl groups excluding tert-OH is 4. The Morgan fingerprint density at radius 2 is 1.71 bits per heavy atom. The van der Waals surface area contributed by atoms with Gasteiger partial charge in [0, 0.05) is 73.6 Å². The van der Waals surface area contributed by atoms with Crippen LogP contribution in [0.4, 0.5) is 10.5 Å². The number of nitrogens with zero attached hydrogens (tertiary/aromatic N) is 3. The van der Waals surface area contributed by atoms with Gasteiger partial charge in [0.15, 0.2) is 5.60 Å². The van der Waals surface area contributed by atoms with Gasteiger partial charge in [0.25, 0.3) is 17.4 Å². The molecule has 0 spiro atoms. The summed E-state index contributed by atoms with van der Waals surface area (Å²) in [5.41, 5.74) is 1.64. The number of benzene rings is 2. The number of aromatic nitrogens is 2. The molecule has 6 atom stereocenters. The number of ether oxygens (including phenoxy) is 5. The quantitative estimate of drug-likeness (QED) is 0.0479. The first-order valence-electron chi connectivity index (χ1n) is 22.5. The summed E-state index contributed by atoms with van der Waals surface area (Å²) in [6.07, 6.45) is -6.67. The van der Waals surface area contributed by atoms with Crippen molar-refractivity contribution in [1.82, 2.24) is 25.1 Å². The number of hydrogen-bond donors (Lipinski definition) is 8. The highest BCUT2D eigenvalue weighted by Crippen LogP contribution is 2.42. The van der Waals surface area contributed by atoms with Crippen molar-refractivity contribution >= 4 is 52.3 Å². The third-order valence-corrected chi connectivity index (χ3v) is 12.9. The number of nitrogens with one attached hydrogen (secondary N) is 3. The van der Waals surface area contributed by atoms with Crippen LogP contribution in [-0.2, 0) is 76.5 Å². The molecule has 7 heterocycles. The van der Waals surface area contributed by atoms with Gasteiger partial charge in [-0.3, -0.25) is 28.9 Å². The molecule has 8 N–H and O–H groups in total. The molecule has 0 saturated carbocycles. The summed E-state index contributed by atoms with van der Waals surface area (Å²) in [7, 11) is 0. The van der Waals surface area contributed by atoms with E-state index in [2.05, 4.69) is 16.0 Å². The summed E-state index contributed by atoms with van der Waals surface area (Å²) in [5.74, 6) is -2.54. The van der Waals surface area contributed by atoms with E-state index in [-0.39, 0.29) is 81.2 Å². The Kier molecular flexibility index (Phi) is 13.1. The molecule has 23 heteroatoms. The highest BCUT2D eigenvalue weighted by Gasteiger charge is 2.47. The van der Waals surface area contributed by atoms with Crippen LogP contribution in [0.2, 0.25) is 0 Å². The minimum Gasteiger partial charge on any atom is -0.493 e. The number of carbonyl (C=O) groups is 6. The second-order valence-corrected chi connectivity index (χ2v) is 17.2. The van der Waals surface area contributed by atoms with E-state index in [1.165, 1.54) is 22.8 Å². The average molecular weight is 969 g/mol. The molecule has 0 radical (unpaired) electrons. The fraction of sp³-hybridized carbons (Fsp3) is 0.404. The fourth-order valence-corrected chi connectivity index (χ4v) is 9.04. The van der Waals surface area contributed by atoms with Gasteiger partial charge in [-0.1, -0.05) is 13.0 Å². The molecule has 5 aliphatic rings. The number of carbonyl (C=O) groups excluding carboxylic acids is 6. The predicted octanol–water partition coefficient (Wildman–Crippen LogP) is -0.620. The lowest BCUT2D eigenvalue weighted by molar-refractivity contribution is -0.277. The van der Waals surface area contributed by atoms with Gasteiger partial charge >= 0.3 is 12.1 Å². The predicted molar refractivity (Wildman–Crippen MR) is 238 cm³/mol. The molecule has 5 amide bonds. The number of imide groups is 1. The van der Waals surface area contributed by atoms with Crippen LogP contribution >= 0.6 is 0 Å². The molecular formula is C47H48N6O17. The zero-order chi connectivity index (χ0) is 49.6. The number of fused-ring (bicyclic) bond motifs is 6. The number of anilines is 1. The number of aliphatic hydroxyl groups is 5. The zero-order valence-corrected chi connectivity index (χ0v) is 37.5. The second kappa shape index (κ2) is 19.3. The molecule has 0 aliphatic carbocycles. The van der Waals surface area contributed by atoms with Crippen molar-refractivity contribution in [3.05, 3.63) is 92.3 Å². The number of pyridine rings is 2. The van der Waals surface area contributed by atoms with E-state index in [9.17, 15) is 59.1 Å². The smallest absolute Gasteiger partial charge is 0.407 e. The van der Waals surface area contributed by atoms with Crippen LogP contribution in [0, 0.1) is 0 Å². The summed E-state index contributed by atoms with van der Waals surface area (Å²) in [6, 6.07) is 9.57. The van der Waals surface area contributed by atoms with E-state index in [1.807, 2.05) is 6.07 Å². The second-order valence-electron chi connectivity index (χ2n) is 17.2. The Hall–Kier alpha value is -7.28. The van der Waals surface area contributed by atoms with E-state index in [1.54, 1.807) is 19.1 Å². The SMILES string of the molecule is CC[C@@]1(O)C(=O)OCc2c1cc1n(c2=O)Cc2c-1nc1cc3c(cc1c2CNC(=O)OCc1ccc(O[C@H]2O[C@H](CO)[C@@H](O)[C@H](O)[C@H]2O)c(NC(=O)CCNC(=O)CCN2C(=O)C=CC2=O)c1)CCO3. The van der Waals surface area contributed by atoms with Gasteiger partial charge in [-0.15, -0.1) is 0 Å². The summed E-state index contributed by atoms with van der Waals surface area (Å²) < 4.78 is 29.5. The minimum atomic E-state index is -2.03. The largest absolute Gasteiger partial charge is 0.493 e. The molecule has 368 valence electrons. The molecule has 0 unspecified atom stereocenters. The van der Waals surface area contributed by atoms with Crippen molar-refractivity contribution in [2.75, 3.05) is 31.6 Å². The standard InChI is InChI=1S/C47H48N6O17/c1-2-47(65)28-15-31-39-26(18-53(31)43(62)27(28)21-67-45(47)63)25(24-14-23-9-12-66-33(23)16-29(24)51-39)17-49-46(64)68-20-22-3-4-32(69-44-42(61)41(60)40(59)34(19-54)70-44)30(13-22)50-36(56)7-10-48-35(55)8-11-52-37(57)5-6-38(52)58/h3-6,13-16,34,40-42,44,54,59-61,65H,2,7-12,17-21H2,1H3,(H,48,55)(H,49,64)(H,50,56)/t34-,40-,41+,42-,44+,47+/m1/s1.